The van der Waals surface area contributed by atoms with Gasteiger partial charge < -0.3 is 58.7 Å². The van der Waals surface area contributed by atoms with Gasteiger partial charge in [0.15, 0.2) is 0 Å². The Bertz CT molecular complexity index is 3800. The quantitative estimate of drug-likeness (QED) is 0.0269. The van der Waals surface area contributed by atoms with Gasteiger partial charge in [0.05, 0.1) is 50.3 Å². The van der Waals surface area contributed by atoms with Crippen LogP contribution in [0, 0.1) is 62.1 Å². The Labute approximate surface area is 792 Å². The average molecular weight is 1830 g/mol. The number of carbonyl (C=O) groups is 7. The van der Waals surface area contributed by atoms with Crippen LogP contribution in [0.4, 0.5) is 0 Å². The largest absolute Gasteiger partial charge is 0.508 e. The van der Waals surface area contributed by atoms with Crippen molar-refractivity contribution in [1.82, 2.24) is 0 Å². The van der Waals surface area contributed by atoms with Crippen molar-refractivity contribution in [3.05, 3.63) is 102 Å². The van der Waals surface area contributed by atoms with E-state index in [1.165, 1.54) is 55.2 Å². The van der Waals surface area contributed by atoms with Crippen LogP contribution in [0.25, 0.3) is 0 Å². The molecule has 15 rings (SSSR count). The van der Waals surface area contributed by atoms with Crippen LogP contribution < -0.4 is 0 Å². The molecule has 12 fully saturated rings. The number of hydrogen-bond acceptors (Lipinski definition) is 19. The molecular weight excluding hydrogens is 1650 g/mol. The zero-order chi connectivity index (χ0) is 98.8. The summed E-state index contributed by atoms with van der Waals surface area (Å²) in [7, 11) is 0. The Balaban J connectivity index is 0.000000263. The Morgan fingerprint density at radius 2 is 0.687 bits per heavy atom. The van der Waals surface area contributed by atoms with E-state index in [4.69, 9.17) is 48.5 Å². The third-order valence-corrected chi connectivity index (χ3v) is 31.9. The van der Waals surface area contributed by atoms with E-state index in [9.17, 15) is 43.8 Å². The molecule has 11 saturated carbocycles. The normalized spacial score (nSPS) is 25.5. The van der Waals surface area contributed by atoms with Gasteiger partial charge >= 0.3 is 41.8 Å². The number of carbonyl (C=O) groups excluding carboxylic acids is 7. The second-order valence-electron chi connectivity index (χ2n) is 45.3. The van der Waals surface area contributed by atoms with Gasteiger partial charge in [-0.3, -0.25) is 28.8 Å². The SMILES string of the molecule is C=CC1(OC(=O)C(C)(C)CC)CCCC1.CCC(C)(C)C(=O)OC1(C(C)C)CCCC1.CCC(C)(C)C(=O)OC12CC3CC(CC(O)(C3)C1)C2.CCC(C)(C)C(=O)OC12CC3CC(CC(O)(C3)C1)C2.CCC(C)(C)C(=O)OC1CCOC1=O.CCC(C)c1ccc(O)cc1.CCC(C)c1ccc(O)cc1.CCC(C)c1ccc(O)cc1.CCC1(OC(=O)C(C)(C)CC)CCCC1. The fourth-order valence-corrected chi connectivity index (χ4v) is 19.6. The summed E-state index contributed by atoms with van der Waals surface area (Å²) in [6.07, 6.45) is 35.1. The third-order valence-electron chi connectivity index (χ3n) is 31.9. The van der Waals surface area contributed by atoms with E-state index in [-0.39, 0.29) is 80.1 Å². The molecule has 8 bridgehead atoms. The molecule has 131 heavy (non-hydrogen) atoms. The highest BCUT2D eigenvalue weighted by Gasteiger charge is 2.62. The number of aromatic hydroxyl groups is 3. The van der Waals surface area contributed by atoms with Gasteiger partial charge in [0.25, 0.3) is 0 Å². The molecule has 19 nitrogen and oxygen atoms in total. The monoisotopic (exact) mass is 1830 g/mol. The fraction of sp³-hybridized carbons (Fsp3) is 0.759. The first-order valence-electron chi connectivity index (χ1n) is 51.0. The Hall–Kier alpha value is -6.99. The number of phenolic OH excluding ortho intramolecular Hbond substituents is 3. The van der Waals surface area contributed by atoms with Crippen LogP contribution in [0.15, 0.2) is 85.5 Å². The van der Waals surface area contributed by atoms with E-state index in [0.29, 0.717) is 96.9 Å². The molecule has 0 amide bonds. The molecule has 1 aliphatic heterocycles. The maximum atomic E-state index is 12.4. The molecule has 0 aromatic heterocycles. The lowest BCUT2D eigenvalue weighted by molar-refractivity contribution is -0.226. The highest BCUT2D eigenvalue weighted by Crippen LogP contribution is 2.61. The van der Waals surface area contributed by atoms with Crippen molar-refractivity contribution in [2.24, 2.45) is 62.1 Å². The van der Waals surface area contributed by atoms with Crippen molar-refractivity contribution in [2.45, 2.75) is 475 Å². The van der Waals surface area contributed by atoms with Crippen LogP contribution in [0.2, 0.25) is 0 Å². The minimum Gasteiger partial charge on any atom is -0.508 e. The molecule has 8 atom stereocenters. The minimum absolute atomic E-state index is 0.0197. The Morgan fingerprint density at radius 1 is 0.405 bits per heavy atom. The van der Waals surface area contributed by atoms with Gasteiger partial charge in [-0.2, -0.15) is 0 Å². The highest BCUT2D eigenvalue weighted by molar-refractivity contribution is 5.83. The molecule has 19 heteroatoms. The number of aliphatic hydroxyl groups is 2. The summed E-state index contributed by atoms with van der Waals surface area (Å²) >= 11 is 0. The molecule has 744 valence electrons. The van der Waals surface area contributed by atoms with E-state index >= 15 is 0 Å². The van der Waals surface area contributed by atoms with Crippen LogP contribution in [-0.4, -0.2) is 119 Å². The van der Waals surface area contributed by atoms with Crippen molar-refractivity contribution >= 4 is 41.8 Å². The maximum absolute atomic E-state index is 12.4. The smallest absolute Gasteiger partial charge is 0.347 e. The van der Waals surface area contributed by atoms with Gasteiger partial charge in [-0.05, 0) is 395 Å². The third kappa shape index (κ3) is 33.2. The number of hydrogen-bond donors (Lipinski definition) is 5. The topological polar surface area (TPSA) is 285 Å². The minimum atomic E-state index is -0.687. The zero-order valence-electron chi connectivity index (χ0n) is 86.8. The van der Waals surface area contributed by atoms with E-state index in [0.717, 1.165) is 161 Å². The molecule has 1 saturated heterocycles. The van der Waals surface area contributed by atoms with Crippen LogP contribution >= 0.6 is 0 Å². The van der Waals surface area contributed by atoms with Gasteiger partial charge in [0.2, 0.25) is 6.10 Å². The molecule has 0 radical (unpaired) electrons. The lowest BCUT2D eigenvalue weighted by Crippen LogP contribution is -2.61. The van der Waals surface area contributed by atoms with Crippen molar-refractivity contribution in [3.8, 4) is 17.2 Å². The van der Waals surface area contributed by atoms with Crippen molar-refractivity contribution in [3.63, 3.8) is 0 Å². The van der Waals surface area contributed by atoms with E-state index in [2.05, 4.69) is 68.9 Å². The average Bonchev–Trinajstić information content (AvgIpc) is 0.790. The first-order valence-corrected chi connectivity index (χ1v) is 51.0. The number of cyclic esters (lactones) is 1. The Morgan fingerprint density at radius 3 is 0.954 bits per heavy atom. The van der Waals surface area contributed by atoms with Crippen molar-refractivity contribution in [2.75, 3.05) is 6.61 Å². The predicted octanol–water partition coefficient (Wildman–Crippen LogP) is 27.2. The van der Waals surface area contributed by atoms with E-state index in [1.807, 2.05) is 153 Å². The zero-order valence-corrected chi connectivity index (χ0v) is 86.8. The van der Waals surface area contributed by atoms with Gasteiger partial charge in [-0.15, -0.1) is 0 Å². The standard InChI is InChI=1S/2C16H26O3.C14H26O2.C13H24O2.C13H22O2.C10H16O4.3C10H14O/c2*1-4-14(2,3)13(17)19-16-8-11-5-12(9-16)7-15(18,6-11)10-16;1-6-13(4,5)12(15)16-14(11(2)3)9-7-8-10-14;2*1-5-12(3,4)11(14)15-13(6-2)9-7-8-10-13;1-4-10(2,3)9(12)14-7-5-6-13-8(7)11;3*1-3-8(2)9-4-6-10(11)7-5-9/h2*11-12,18H,4-10H2,1-3H3;11H,6-10H2,1-5H3;5-10H2,1-4H3;6H,2,5,7-10H2,1,3-4H3;7H,4-6H2,1-3H3;3*4-8,11H,3H2,1-2H3. The van der Waals surface area contributed by atoms with Crippen molar-refractivity contribution < 1.29 is 92.3 Å². The highest BCUT2D eigenvalue weighted by atomic mass is 16.6. The number of phenols is 3. The number of ether oxygens (including phenoxy) is 7. The summed E-state index contributed by atoms with van der Waals surface area (Å²) in [5.74, 6) is 4.42. The number of benzene rings is 3. The van der Waals surface area contributed by atoms with E-state index in [1.54, 1.807) is 50.2 Å². The first kappa shape index (κ1) is 115. The summed E-state index contributed by atoms with van der Waals surface area (Å²) in [6, 6.07) is 22.3. The number of rotatable bonds is 27. The molecule has 8 unspecified atom stereocenters. The summed E-state index contributed by atoms with van der Waals surface area (Å²) in [4.78, 5) is 83.4. The molecule has 12 aliphatic rings. The van der Waals surface area contributed by atoms with Crippen LogP contribution in [-0.2, 0) is 66.7 Å². The van der Waals surface area contributed by atoms with Gasteiger partial charge in [0.1, 0.15) is 45.3 Å². The number of esters is 7. The van der Waals surface area contributed by atoms with Crippen LogP contribution in [0.1, 0.15) is 446 Å². The van der Waals surface area contributed by atoms with E-state index < -0.39 is 39.5 Å². The maximum Gasteiger partial charge on any atom is 0.347 e. The lowest BCUT2D eigenvalue weighted by atomic mass is 9.52. The molecule has 0 spiro atoms. The predicted molar refractivity (Wildman–Crippen MR) is 524 cm³/mol. The molecule has 11 aliphatic carbocycles. The summed E-state index contributed by atoms with van der Waals surface area (Å²) in [6.45, 7) is 58.8. The molecular formula is C112H182O19. The molecule has 5 N–H and O–H groups in total. The van der Waals surface area contributed by atoms with Gasteiger partial charge in [-0.1, -0.05) is 147 Å². The lowest BCUT2D eigenvalue weighted by Gasteiger charge is -2.59. The molecule has 1 heterocycles. The van der Waals surface area contributed by atoms with Crippen molar-refractivity contribution in [1.29, 1.82) is 0 Å². The molecule has 3 aromatic carbocycles. The summed E-state index contributed by atoms with van der Waals surface area (Å²) in [5.41, 5.74) is -1.02. The van der Waals surface area contributed by atoms with Crippen LogP contribution in [0.3, 0.4) is 0 Å². The summed E-state index contributed by atoms with van der Waals surface area (Å²) < 4.78 is 39.0. The second-order valence-corrected chi connectivity index (χ2v) is 45.3. The fourth-order valence-electron chi connectivity index (χ4n) is 19.6. The molecule has 3 aromatic rings. The first-order chi connectivity index (χ1) is 60.9. The second kappa shape index (κ2) is 49.2. The Kier molecular flexibility index (Phi) is 43.0. The van der Waals surface area contributed by atoms with Gasteiger partial charge in [0, 0.05) is 19.3 Å². The summed E-state index contributed by atoms with van der Waals surface area (Å²) in [5, 5.41) is 48.3. The van der Waals surface area contributed by atoms with Gasteiger partial charge in [-0.25, -0.2) is 4.79 Å². The van der Waals surface area contributed by atoms with Crippen LogP contribution in [0.5, 0.6) is 17.2 Å².